The molecule has 1 saturated heterocycles. The van der Waals surface area contributed by atoms with Gasteiger partial charge >= 0.3 is 0 Å². The maximum absolute atomic E-state index is 13.0. The van der Waals surface area contributed by atoms with E-state index in [2.05, 4.69) is 24.8 Å². The lowest BCUT2D eigenvalue weighted by Crippen LogP contribution is -2.32. The van der Waals surface area contributed by atoms with Gasteiger partial charge in [0.1, 0.15) is 11.0 Å². The van der Waals surface area contributed by atoms with E-state index in [0.717, 1.165) is 22.3 Å². The van der Waals surface area contributed by atoms with Gasteiger partial charge in [-0.2, -0.15) is 10.1 Å². The van der Waals surface area contributed by atoms with Crippen molar-refractivity contribution in [1.82, 2.24) is 29.6 Å². The summed E-state index contributed by atoms with van der Waals surface area (Å²) < 4.78 is 36.0. The van der Waals surface area contributed by atoms with Crippen LogP contribution in [0.3, 0.4) is 0 Å². The van der Waals surface area contributed by atoms with Gasteiger partial charge in [0.05, 0.1) is 24.9 Å². The number of aromatic nitrogens is 5. The largest absolute Gasteiger partial charge is 0.472 e. The van der Waals surface area contributed by atoms with Gasteiger partial charge < -0.3 is 9.64 Å². The van der Waals surface area contributed by atoms with Crippen LogP contribution in [0.15, 0.2) is 66.1 Å². The summed E-state index contributed by atoms with van der Waals surface area (Å²) in [6, 6.07) is 11.3. The Morgan fingerprint density at radius 1 is 1.13 bits per heavy atom. The lowest BCUT2D eigenvalue weighted by atomic mass is 10.00. The van der Waals surface area contributed by atoms with Crippen LogP contribution in [0.4, 0.5) is 5.95 Å². The molecular weight excluding hydrogens is 518 g/mol. The van der Waals surface area contributed by atoms with Crippen LogP contribution in [-0.2, 0) is 28.3 Å². The number of benzene rings is 1. The number of hydrogen-bond acceptors (Lipinski definition) is 8. The van der Waals surface area contributed by atoms with E-state index in [1.54, 1.807) is 30.4 Å². The highest BCUT2D eigenvalue weighted by Gasteiger charge is 2.29. The average Bonchev–Trinajstić information content (AvgIpc) is 3.54. The SMILES string of the molecule is Cc1cccc(C)c1-c1cc(OC2CCN(C(=O)Cc3cccnc3)C2)nc(NS(=O)(=O)c2cnn(C)c2)n1. The second-order valence-electron chi connectivity index (χ2n) is 9.54. The Hall–Kier alpha value is -4.32. The number of carbonyl (C=O) groups is 1. The number of carbonyl (C=O) groups excluding carboxylic acids is 1. The topological polar surface area (TPSA) is 132 Å². The number of ether oxygens (including phenoxy) is 1. The zero-order valence-electron chi connectivity index (χ0n) is 21.9. The number of hydrogen-bond donors (Lipinski definition) is 1. The van der Waals surface area contributed by atoms with Crippen LogP contribution in [0, 0.1) is 13.8 Å². The van der Waals surface area contributed by atoms with Crippen molar-refractivity contribution in [2.45, 2.75) is 37.7 Å². The Labute approximate surface area is 226 Å². The van der Waals surface area contributed by atoms with Crippen LogP contribution >= 0.6 is 0 Å². The number of nitrogens with zero attached hydrogens (tertiary/aromatic N) is 6. The predicted molar refractivity (Wildman–Crippen MR) is 145 cm³/mol. The van der Waals surface area contributed by atoms with Gasteiger partial charge in [-0.3, -0.25) is 14.5 Å². The second-order valence-corrected chi connectivity index (χ2v) is 11.2. The molecule has 39 heavy (non-hydrogen) atoms. The van der Waals surface area contributed by atoms with Crippen molar-refractivity contribution < 1.29 is 17.9 Å². The number of amides is 1. The molecule has 4 heterocycles. The molecule has 0 radical (unpaired) electrons. The molecule has 0 bridgehead atoms. The lowest BCUT2D eigenvalue weighted by molar-refractivity contribution is -0.129. The van der Waals surface area contributed by atoms with E-state index >= 15 is 0 Å². The molecule has 11 nitrogen and oxygen atoms in total. The quantitative estimate of drug-likeness (QED) is 0.356. The standard InChI is InChI=1S/C27H29N7O4S/c1-18-6-4-7-19(2)26(18)23-13-24(31-27(30-23)32-39(36,37)22-15-29-33(3)17-22)38-21-9-11-34(16-21)25(35)12-20-8-5-10-28-14-20/h4-8,10,13-15,17,21H,9,11-12,16H2,1-3H3,(H,30,31,32). The van der Waals surface area contributed by atoms with Crippen LogP contribution in [-0.4, -0.2) is 63.2 Å². The number of aryl methyl sites for hydroxylation is 3. The molecule has 1 aliphatic heterocycles. The van der Waals surface area contributed by atoms with Crippen molar-refractivity contribution >= 4 is 21.9 Å². The molecule has 1 amide bonds. The first-order chi connectivity index (χ1) is 18.7. The van der Waals surface area contributed by atoms with E-state index in [4.69, 9.17) is 4.74 Å². The number of sulfonamides is 1. The Morgan fingerprint density at radius 2 is 1.92 bits per heavy atom. The van der Waals surface area contributed by atoms with Gasteiger partial charge in [-0.1, -0.05) is 24.3 Å². The summed E-state index contributed by atoms with van der Waals surface area (Å²) in [4.78, 5) is 27.5. The maximum atomic E-state index is 13.0. The van der Waals surface area contributed by atoms with Crippen molar-refractivity contribution in [3.63, 3.8) is 0 Å². The fraction of sp³-hybridized carbons (Fsp3) is 0.296. The first-order valence-corrected chi connectivity index (χ1v) is 14.0. The van der Waals surface area contributed by atoms with Crippen molar-refractivity contribution in [3.8, 4) is 17.1 Å². The van der Waals surface area contributed by atoms with E-state index in [-0.39, 0.29) is 35.2 Å². The highest BCUT2D eigenvalue weighted by atomic mass is 32.2. The van der Waals surface area contributed by atoms with Crippen LogP contribution in [0.5, 0.6) is 5.88 Å². The summed E-state index contributed by atoms with van der Waals surface area (Å²) >= 11 is 0. The van der Waals surface area contributed by atoms with Crippen molar-refractivity contribution in [2.24, 2.45) is 7.05 Å². The summed E-state index contributed by atoms with van der Waals surface area (Å²) in [6.45, 7) is 4.89. The predicted octanol–water partition coefficient (Wildman–Crippen LogP) is 2.91. The molecule has 3 aromatic heterocycles. The summed E-state index contributed by atoms with van der Waals surface area (Å²) in [7, 11) is -2.34. The number of likely N-dealkylation sites (tertiary alicyclic amines) is 1. The molecule has 0 aliphatic carbocycles. The van der Waals surface area contributed by atoms with Crippen LogP contribution in [0.1, 0.15) is 23.1 Å². The monoisotopic (exact) mass is 547 g/mol. The highest BCUT2D eigenvalue weighted by Crippen LogP contribution is 2.30. The van der Waals surface area contributed by atoms with E-state index in [0.29, 0.717) is 25.2 Å². The first kappa shape index (κ1) is 26.3. The minimum Gasteiger partial charge on any atom is -0.472 e. The molecule has 4 aromatic rings. The molecular formula is C27H29N7O4S. The molecule has 0 saturated carbocycles. The smallest absolute Gasteiger partial charge is 0.267 e. The molecule has 1 unspecified atom stereocenters. The van der Waals surface area contributed by atoms with Gasteiger partial charge in [-0.25, -0.2) is 18.1 Å². The fourth-order valence-electron chi connectivity index (χ4n) is 4.61. The first-order valence-electron chi connectivity index (χ1n) is 12.5. The molecule has 1 N–H and O–H groups in total. The highest BCUT2D eigenvalue weighted by molar-refractivity contribution is 7.92. The number of anilines is 1. The van der Waals surface area contributed by atoms with Crippen LogP contribution in [0.2, 0.25) is 0 Å². The molecule has 1 aliphatic rings. The Kier molecular flexibility index (Phi) is 7.29. The molecule has 1 aromatic carbocycles. The van der Waals surface area contributed by atoms with Gasteiger partial charge in [-0.05, 0) is 36.6 Å². The van der Waals surface area contributed by atoms with Crippen molar-refractivity contribution in [3.05, 3.63) is 77.9 Å². The number of nitrogens with one attached hydrogen (secondary N) is 1. The molecule has 0 spiro atoms. The summed E-state index contributed by atoms with van der Waals surface area (Å²) in [6.07, 6.45) is 6.60. The van der Waals surface area contributed by atoms with E-state index < -0.39 is 10.0 Å². The maximum Gasteiger partial charge on any atom is 0.267 e. The molecule has 1 atom stereocenters. The summed E-state index contributed by atoms with van der Waals surface area (Å²) in [5.41, 5.74) is 4.21. The van der Waals surface area contributed by atoms with E-state index in [1.807, 2.05) is 44.2 Å². The normalized spacial score (nSPS) is 15.4. The minimum absolute atomic E-state index is 0.00192. The number of rotatable bonds is 8. The molecule has 1 fully saturated rings. The van der Waals surface area contributed by atoms with Gasteiger partial charge in [0, 0.05) is 50.2 Å². The van der Waals surface area contributed by atoms with E-state index in [1.165, 1.54) is 17.1 Å². The molecule has 202 valence electrons. The Bertz CT molecular complexity index is 1590. The summed E-state index contributed by atoms with van der Waals surface area (Å²) in [5, 5.41) is 3.94. The van der Waals surface area contributed by atoms with Crippen LogP contribution < -0.4 is 9.46 Å². The zero-order chi connectivity index (χ0) is 27.6. The third-order valence-corrected chi connectivity index (χ3v) is 7.80. The van der Waals surface area contributed by atoms with Gasteiger partial charge in [-0.15, -0.1) is 0 Å². The zero-order valence-corrected chi connectivity index (χ0v) is 22.7. The van der Waals surface area contributed by atoms with Gasteiger partial charge in [0.25, 0.3) is 10.0 Å². The van der Waals surface area contributed by atoms with Crippen LogP contribution in [0.25, 0.3) is 11.3 Å². The van der Waals surface area contributed by atoms with Gasteiger partial charge in [0.15, 0.2) is 0 Å². The van der Waals surface area contributed by atoms with Crippen molar-refractivity contribution in [1.29, 1.82) is 0 Å². The fourth-order valence-corrected chi connectivity index (χ4v) is 5.53. The summed E-state index contributed by atoms with van der Waals surface area (Å²) in [5.74, 6) is 0.104. The Balaban J connectivity index is 1.40. The Morgan fingerprint density at radius 3 is 2.62 bits per heavy atom. The van der Waals surface area contributed by atoms with Crippen molar-refractivity contribution in [2.75, 3.05) is 17.8 Å². The number of pyridine rings is 1. The third-order valence-electron chi connectivity index (χ3n) is 6.52. The van der Waals surface area contributed by atoms with E-state index in [9.17, 15) is 13.2 Å². The average molecular weight is 548 g/mol. The van der Waals surface area contributed by atoms with Gasteiger partial charge in [0.2, 0.25) is 17.7 Å². The minimum atomic E-state index is -3.98. The molecule has 5 rings (SSSR count). The molecule has 12 heteroatoms. The third kappa shape index (κ3) is 6.06. The lowest BCUT2D eigenvalue weighted by Gasteiger charge is -2.18. The second kappa shape index (κ2) is 10.8.